The summed E-state index contributed by atoms with van der Waals surface area (Å²) < 4.78 is 0. The molecule has 0 radical (unpaired) electrons. The maximum Gasteiger partial charge on any atom is 0.0113 e. The highest BCUT2D eigenvalue weighted by atomic mass is 15.3. The second kappa shape index (κ2) is 8.50. The first kappa shape index (κ1) is 17.2. The van der Waals surface area contributed by atoms with Crippen molar-refractivity contribution in [2.45, 2.75) is 64.8 Å². The summed E-state index contributed by atoms with van der Waals surface area (Å²) in [7, 11) is 2.13. The molecule has 21 heavy (non-hydrogen) atoms. The summed E-state index contributed by atoms with van der Waals surface area (Å²) in [6.07, 6.45) is 9.92. The first-order chi connectivity index (χ1) is 10.2. The summed E-state index contributed by atoms with van der Waals surface area (Å²) in [4.78, 5) is 5.43. The van der Waals surface area contributed by atoms with Crippen LogP contribution in [0.3, 0.4) is 0 Å². The minimum atomic E-state index is 0.545. The summed E-state index contributed by atoms with van der Waals surface area (Å²) in [6, 6.07) is 0.760. The first-order valence-electron chi connectivity index (χ1n) is 9.30. The number of piperazine rings is 1. The van der Waals surface area contributed by atoms with Crippen LogP contribution in [0.25, 0.3) is 0 Å². The van der Waals surface area contributed by atoms with Crippen LogP contribution in [-0.2, 0) is 0 Å². The molecule has 1 saturated carbocycles. The van der Waals surface area contributed by atoms with Crippen molar-refractivity contribution in [2.24, 2.45) is 5.41 Å². The normalized spacial score (nSPS) is 26.4. The predicted molar refractivity (Wildman–Crippen MR) is 91.8 cm³/mol. The van der Waals surface area contributed by atoms with Crippen molar-refractivity contribution in [1.82, 2.24) is 15.1 Å². The quantitative estimate of drug-likeness (QED) is 0.760. The van der Waals surface area contributed by atoms with Crippen LogP contribution < -0.4 is 5.32 Å². The minimum absolute atomic E-state index is 0.545. The maximum atomic E-state index is 3.49. The van der Waals surface area contributed by atoms with Gasteiger partial charge in [-0.2, -0.15) is 0 Å². The van der Waals surface area contributed by atoms with E-state index in [4.69, 9.17) is 0 Å². The zero-order valence-electron chi connectivity index (χ0n) is 14.7. The van der Waals surface area contributed by atoms with Crippen LogP contribution in [0.15, 0.2) is 0 Å². The van der Waals surface area contributed by atoms with E-state index in [9.17, 15) is 0 Å². The molecule has 1 saturated heterocycles. The van der Waals surface area contributed by atoms with Crippen molar-refractivity contribution < 1.29 is 0 Å². The monoisotopic (exact) mass is 295 g/mol. The van der Waals surface area contributed by atoms with E-state index in [0.717, 1.165) is 6.04 Å². The number of nitrogens with zero attached hydrogens (tertiary/aromatic N) is 2. The fourth-order valence-electron chi connectivity index (χ4n) is 4.34. The molecule has 0 aromatic heterocycles. The lowest BCUT2D eigenvalue weighted by atomic mass is 9.79. The van der Waals surface area contributed by atoms with E-state index in [-0.39, 0.29) is 0 Å². The van der Waals surface area contributed by atoms with Crippen LogP contribution in [0.2, 0.25) is 0 Å². The van der Waals surface area contributed by atoms with E-state index in [1.54, 1.807) is 0 Å². The second-order valence-corrected chi connectivity index (χ2v) is 7.51. The molecule has 0 bridgehead atoms. The second-order valence-electron chi connectivity index (χ2n) is 7.51. The topological polar surface area (TPSA) is 18.5 Å². The average Bonchev–Trinajstić information content (AvgIpc) is 2.73. The highest BCUT2D eigenvalue weighted by Crippen LogP contribution is 2.35. The van der Waals surface area contributed by atoms with Gasteiger partial charge in [0.25, 0.3) is 0 Å². The molecule has 0 amide bonds. The Balaban J connectivity index is 1.86. The maximum absolute atomic E-state index is 3.49. The van der Waals surface area contributed by atoms with Gasteiger partial charge in [-0.25, -0.2) is 0 Å². The van der Waals surface area contributed by atoms with Crippen LogP contribution in [0.1, 0.15) is 58.8 Å². The molecule has 2 aliphatic rings. The third-order valence-electron chi connectivity index (χ3n) is 5.90. The van der Waals surface area contributed by atoms with Gasteiger partial charge in [0.15, 0.2) is 0 Å². The van der Waals surface area contributed by atoms with E-state index in [1.807, 2.05) is 0 Å². The van der Waals surface area contributed by atoms with Crippen molar-refractivity contribution >= 4 is 0 Å². The van der Waals surface area contributed by atoms with Gasteiger partial charge in [0.05, 0.1) is 0 Å². The predicted octanol–water partition coefficient (Wildman–Crippen LogP) is 2.96. The third-order valence-corrected chi connectivity index (χ3v) is 5.90. The van der Waals surface area contributed by atoms with Crippen LogP contribution in [-0.4, -0.2) is 62.2 Å². The van der Waals surface area contributed by atoms with Crippen LogP contribution >= 0.6 is 0 Å². The molecule has 1 atom stereocenters. The Morgan fingerprint density at radius 1 is 1.00 bits per heavy atom. The molecular formula is C18H37N3. The molecule has 0 aromatic carbocycles. The van der Waals surface area contributed by atoms with Gasteiger partial charge in [0.1, 0.15) is 0 Å². The summed E-state index contributed by atoms with van der Waals surface area (Å²) in [5, 5.41) is 3.49. The summed E-state index contributed by atoms with van der Waals surface area (Å²) in [5.74, 6) is 0. The lowest BCUT2D eigenvalue weighted by Gasteiger charge is -2.43. The van der Waals surface area contributed by atoms with Crippen molar-refractivity contribution in [1.29, 1.82) is 0 Å². The Hall–Kier alpha value is -0.120. The molecule has 1 aliphatic carbocycles. The highest BCUT2D eigenvalue weighted by molar-refractivity contribution is 4.88. The van der Waals surface area contributed by atoms with Gasteiger partial charge in [-0.15, -0.1) is 0 Å². The Kier molecular flexibility index (Phi) is 6.97. The van der Waals surface area contributed by atoms with Crippen molar-refractivity contribution in [3.05, 3.63) is 0 Å². The van der Waals surface area contributed by atoms with Gasteiger partial charge in [-0.05, 0) is 38.6 Å². The molecule has 1 unspecified atom stereocenters. The van der Waals surface area contributed by atoms with Crippen LogP contribution in [0.5, 0.6) is 0 Å². The van der Waals surface area contributed by atoms with Crippen molar-refractivity contribution in [3.8, 4) is 0 Å². The molecule has 1 N–H and O–H groups in total. The fourth-order valence-corrected chi connectivity index (χ4v) is 4.34. The summed E-state index contributed by atoms with van der Waals surface area (Å²) in [6.45, 7) is 12.3. The molecule has 124 valence electrons. The van der Waals surface area contributed by atoms with Gasteiger partial charge >= 0.3 is 0 Å². The summed E-state index contributed by atoms with van der Waals surface area (Å²) in [5.41, 5.74) is 0.545. The van der Waals surface area contributed by atoms with E-state index in [1.165, 1.54) is 84.2 Å². The standard InChI is InChI=1S/C18H37N3/c1-4-17(2)21-13-11-20(12-14-21)16-18(15-19-3)9-7-5-6-8-10-18/h17,19H,4-16H2,1-3H3. The Morgan fingerprint density at radius 3 is 2.14 bits per heavy atom. The lowest BCUT2D eigenvalue weighted by molar-refractivity contribution is 0.0593. The smallest absolute Gasteiger partial charge is 0.0113 e. The Morgan fingerprint density at radius 2 is 1.62 bits per heavy atom. The van der Waals surface area contributed by atoms with E-state index in [0.29, 0.717) is 5.41 Å². The SMILES string of the molecule is CCC(C)N1CCN(CC2(CNC)CCCCCC2)CC1. The van der Waals surface area contributed by atoms with Gasteiger partial charge in [0.2, 0.25) is 0 Å². The minimum Gasteiger partial charge on any atom is -0.319 e. The zero-order chi connectivity index (χ0) is 15.1. The Labute approximate surface area is 132 Å². The first-order valence-corrected chi connectivity index (χ1v) is 9.30. The van der Waals surface area contributed by atoms with Crippen molar-refractivity contribution in [2.75, 3.05) is 46.3 Å². The third kappa shape index (κ3) is 4.94. The molecule has 2 rings (SSSR count). The van der Waals surface area contributed by atoms with Crippen LogP contribution in [0, 0.1) is 5.41 Å². The van der Waals surface area contributed by atoms with Crippen molar-refractivity contribution in [3.63, 3.8) is 0 Å². The molecule has 1 aliphatic heterocycles. The number of hydrogen-bond donors (Lipinski definition) is 1. The van der Waals surface area contributed by atoms with E-state index < -0.39 is 0 Å². The average molecular weight is 296 g/mol. The van der Waals surface area contributed by atoms with Gasteiger partial charge in [-0.3, -0.25) is 4.90 Å². The number of hydrogen-bond acceptors (Lipinski definition) is 3. The number of rotatable bonds is 6. The molecule has 2 fully saturated rings. The highest BCUT2D eigenvalue weighted by Gasteiger charge is 2.33. The Bertz CT molecular complexity index is 276. The molecule has 3 heteroatoms. The zero-order valence-corrected chi connectivity index (χ0v) is 14.7. The summed E-state index contributed by atoms with van der Waals surface area (Å²) >= 11 is 0. The largest absolute Gasteiger partial charge is 0.319 e. The van der Waals surface area contributed by atoms with Crippen LogP contribution in [0.4, 0.5) is 0 Å². The molecule has 1 heterocycles. The van der Waals surface area contributed by atoms with E-state index in [2.05, 4.69) is 36.0 Å². The molecule has 0 aromatic rings. The lowest BCUT2D eigenvalue weighted by Crippen LogP contribution is -2.53. The van der Waals surface area contributed by atoms with E-state index >= 15 is 0 Å². The van der Waals surface area contributed by atoms with Gasteiger partial charge in [-0.1, -0.05) is 32.6 Å². The van der Waals surface area contributed by atoms with Gasteiger partial charge in [0, 0.05) is 45.3 Å². The molecule has 0 spiro atoms. The molecular weight excluding hydrogens is 258 g/mol. The van der Waals surface area contributed by atoms with Gasteiger partial charge < -0.3 is 10.2 Å². The molecule has 3 nitrogen and oxygen atoms in total. The number of nitrogens with one attached hydrogen (secondary N) is 1. The fraction of sp³-hybridized carbons (Fsp3) is 1.00.